The van der Waals surface area contributed by atoms with Gasteiger partial charge in [0.2, 0.25) is 0 Å². The zero-order valence-electron chi connectivity index (χ0n) is 13.2. The van der Waals surface area contributed by atoms with Crippen LogP contribution in [0.5, 0.6) is 5.75 Å². The van der Waals surface area contributed by atoms with E-state index in [-0.39, 0.29) is 5.56 Å². The maximum Gasteiger partial charge on any atom is 0.336 e. The van der Waals surface area contributed by atoms with Crippen LogP contribution in [0.1, 0.15) is 26.3 Å². The fourth-order valence-corrected chi connectivity index (χ4v) is 2.06. The molecule has 0 aliphatic rings. The monoisotopic (exact) mass is 406 g/mol. The van der Waals surface area contributed by atoms with Crippen LogP contribution < -0.4 is 4.74 Å². The average Bonchev–Trinajstić information content (AvgIpc) is 2.61. The van der Waals surface area contributed by atoms with Crippen molar-refractivity contribution in [3.63, 3.8) is 0 Å². The van der Waals surface area contributed by atoms with Crippen molar-refractivity contribution in [3.05, 3.63) is 69.7 Å². The molecule has 0 atom stereocenters. The highest BCUT2D eigenvalue weighted by Gasteiger charge is 2.08. The Morgan fingerprint density at radius 2 is 1.64 bits per heavy atom. The number of halogens is 1. The van der Waals surface area contributed by atoms with Gasteiger partial charge in [-0.15, -0.1) is 0 Å². The normalized spacial score (nSPS) is 9.84. The molecule has 6 nitrogen and oxygen atoms in total. The SMILES string of the molecule is COc1ccc(Br)c(C(=O)O)c1.O=Cc1ccc(C=CC(=O)O)cc1. The van der Waals surface area contributed by atoms with Gasteiger partial charge in [0, 0.05) is 16.1 Å². The molecule has 0 aliphatic carbocycles. The Hall–Kier alpha value is -2.93. The molecule has 0 aliphatic heterocycles. The number of benzene rings is 2. The minimum absolute atomic E-state index is 0.203. The van der Waals surface area contributed by atoms with Crippen molar-refractivity contribution in [2.75, 3.05) is 7.11 Å². The molecule has 0 spiro atoms. The van der Waals surface area contributed by atoms with Crippen LogP contribution in [0.15, 0.2) is 53.0 Å². The molecule has 0 heterocycles. The van der Waals surface area contributed by atoms with E-state index in [0.717, 1.165) is 17.9 Å². The van der Waals surface area contributed by atoms with Gasteiger partial charge >= 0.3 is 11.9 Å². The molecule has 130 valence electrons. The van der Waals surface area contributed by atoms with E-state index >= 15 is 0 Å². The summed E-state index contributed by atoms with van der Waals surface area (Å²) in [6, 6.07) is 11.4. The Balaban J connectivity index is 0.000000251. The Labute approximate surface area is 152 Å². The number of carbonyl (C=O) groups excluding carboxylic acids is 1. The summed E-state index contributed by atoms with van der Waals surface area (Å²) in [6.07, 6.45) is 3.26. The molecular weight excluding hydrogens is 392 g/mol. The topological polar surface area (TPSA) is 101 Å². The highest BCUT2D eigenvalue weighted by molar-refractivity contribution is 9.10. The van der Waals surface area contributed by atoms with Crippen molar-refractivity contribution < 1.29 is 29.3 Å². The van der Waals surface area contributed by atoms with Gasteiger partial charge in [-0.1, -0.05) is 24.3 Å². The number of aliphatic carboxylic acids is 1. The maximum absolute atomic E-state index is 10.6. The molecule has 0 aromatic heterocycles. The van der Waals surface area contributed by atoms with Crippen molar-refractivity contribution in [3.8, 4) is 5.75 Å². The molecule has 25 heavy (non-hydrogen) atoms. The van der Waals surface area contributed by atoms with Gasteiger partial charge < -0.3 is 14.9 Å². The van der Waals surface area contributed by atoms with E-state index in [1.165, 1.54) is 19.3 Å². The van der Waals surface area contributed by atoms with Crippen LogP contribution >= 0.6 is 15.9 Å². The average molecular weight is 407 g/mol. The van der Waals surface area contributed by atoms with E-state index < -0.39 is 11.9 Å². The number of aldehydes is 1. The summed E-state index contributed by atoms with van der Waals surface area (Å²) in [4.78, 5) is 31.0. The van der Waals surface area contributed by atoms with E-state index in [4.69, 9.17) is 14.9 Å². The van der Waals surface area contributed by atoms with Crippen LogP contribution in [-0.2, 0) is 4.79 Å². The summed E-state index contributed by atoms with van der Waals surface area (Å²) in [5, 5.41) is 17.0. The van der Waals surface area contributed by atoms with E-state index in [9.17, 15) is 14.4 Å². The van der Waals surface area contributed by atoms with Gasteiger partial charge in [-0.05, 0) is 45.8 Å². The summed E-state index contributed by atoms with van der Waals surface area (Å²) in [5.74, 6) is -1.42. The maximum atomic E-state index is 10.6. The second kappa shape index (κ2) is 10.0. The van der Waals surface area contributed by atoms with Crippen LogP contribution in [0.3, 0.4) is 0 Å². The second-order valence-corrected chi connectivity index (χ2v) is 5.46. The molecule has 0 saturated carbocycles. The van der Waals surface area contributed by atoms with Gasteiger partial charge in [0.15, 0.2) is 0 Å². The van der Waals surface area contributed by atoms with E-state index in [1.54, 1.807) is 36.4 Å². The van der Waals surface area contributed by atoms with Crippen LogP contribution in [0.25, 0.3) is 6.08 Å². The molecular formula is C18H15BrO6. The van der Waals surface area contributed by atoms with Crippen molar-refractivity contribution in [2.24, 2.45) is 0 Å². The molecule has 0 amide bonds. The van der Waals surface area contributed by atoms with Crippen LogP contribution in [0.4, 0.5) is 0 Å². The Morgan fingerprint density at radius 1 is 1.04 bits per heavy atom. The first-order valence-electron chi connectivity index (χ1n) is 6.90. The highest BCUT2D eigenvalue weighted by Crippen LogP contribution is 2.22. The molecule has 0 unspecified atom stereocenters. The summed E-state index contributed by atoms with van der Waals surface area (Å²) >= 11 is 3.12. The van der Waals surface area contributed by atoms with Gasteiger partial charge in [0.25, 0.3) is 0 Å². The third-order valence-electron chi connectivity index (χ3n) is 2.89. The number of hydrogen-bond donors (Lipinski definition) is 2. The first kappa shape index (κ1) is 20.1. The number of ether oxygens (including phenoxy) is 1. The molecule has 0 fully saturated rings. The van der Waals surface area contributed by atoms with Gasteiger partial charge in [-0.2, -0.15) is 0 Å². The lowest BCUT2D eigenvalue weighted by Gasteiger charge is -2.02. The first-order valence-corrected chi connectivity index (χ1v) is 7.69. The molecule has 2 aromatic rings. The van der Waals surface area contributed by atoms with E-state index in [1.807, 2.05) is 0 Å². The number of carbonyl (C=O) groups is 3. The van der Waals surface area contributed by atoms with E-state index in [2.05, 4.69) is 15.9 Å². The predicted octanol–water partition coefficient (Wildman–Crippen LogP) is 3.75. The third kappa shape index (κ3) is 7.01. The predicted molar refractivity (Wildman–Crippen MR) is 96.2 cm³/mol. The van der Waals surface area contributed by atoms with Crippen molar-refractivity contribution in [1.29, 1.82) is 0 Å². The summed E-state index contributed by atoms with van der Waals surface area (Å²) in [6.45, 7) is 0. The number of rotatable bonds is 5. The standard InChI is InChI=1S/C10H8O3.C8H7BrO3/c11-7-9-3-1-8(2-4-9)5-6-10(12)13;1-12-5-2-3-7(9)6(4-5)8(10)11/h1-7H,(H,12,13);2-4H,1H3,(H,10,11). The molecule has 0 bridgehead atoms. The van der Waals surface area contributed by atoms with Crippen molar-refractivity contribution in [2.45, 2.75) is 0 Å². The number of carboxylic acids is 2. The summed E-state index contributed by atoms with van der Waals surface area (Å²) < 4.78 is 5.43. The quantitative estimate of drug-likeness (QED) is 0.578. The number of aromatic carboxylic acids is 1. The van der Waals surface area contributed by atoms with Crippen molar-refractivity contribution in [1.82, 2.24) is 0 Å². The lowest BCUT2D eigenvalue weighted by atomic mass is 10.1. The smallest absolute Gasteiger partial charge is 0.336 e. The lowest BCUT2D eigenvalue weighted by Crippen LogP contribution is -1.98. The van der Waals surface area contributed by atoms with Gasteiger partial charge in [-0.3, -0.25) is 4.79 Å². The molecule has 0 radical (unpaired) electrons. The van der Waals surface area contributed by atoms with Crippen molar-refractivity contribution >= 4 is 40.2 Å². The molecule has 2 rings (SSSR count). The zero-order valence-corrected chi connectivity index (χ0v) is 14.8. The van der Waals surface area contributed by atoms with Crippen LogP contribution in [0.2, 0.25) is 0 Å². The van der Waals surface area contributed by atoms with Gasteiger partial charge in [0.1, 0.15) is 12.0 Å². The summed E-state index contributed by atoms with van der Waals surface area (Å²) in [5.41, 5.74) is 1.54. The Bertz CT molecular complexity index is 781. The van der Waals surface area contributed by atoms with Crippen LogP contribution in [0, 0.1) is 0 Å². The molecule has 2 N–H and O–H groups in total. The highest BCUT2D eigenvalue weighted by atomic mass is 79.9. The second-order valence-electron chi connectivity index (χ2n) is 4.61. The van der Waals surface area contributed by atoms with Gasteiger partial charge in [-0.25, -0.2) is 9.59 Å². The first-order chi connectivity index (χ1) is 11.9. The lowest BCUT2D eigenvalue weighted by molar-refractivity contribution is -0.131. The minimum atomic E-state index is -0.987. The molecule has 2 aromatic carbocycles. The molecule has 0 saturated heterocycles. The number of hydrogen-bond acceptors (Lipinski definition) is 4. The van der Waals surface area contributed by atoms with E-state index in [0.29, 0.717) is 15.8 Å². The fraction of sp³-hybridized carbons (Fsp3) is 0.0556. The fourth-order valence-electron chi connectivity index (χ4n) is 1.65. The number of methoxy groups -OCH3 is 1. The van der Waals surface area contributed by atoms with Crippen LogP contribution in [-0.4, -0.2) is 35.5 Å². The minimum Gasteiger partial charge on any atom is -0.497 e. The Morgan fingerprint density at radius 3 is 2.12 bits per heavy atom. The largest absolute Gasteiger partial charge is 0.497 e. The third-order valence-corrected chi connectivity index (χ3v) is 3.59. The summed E-state index contributed by atoms with van der Waals surface area (Å²) in [7, 11) is 1.49. The molecule has 7 heteroatoms. The number of carboxylic acid groups (broad SMARTS) is 2. The van der Waals surface area contributed by atoms with Gasteiger partial charge in [0.05, 0.1) is 12.7 Å². The zero-order chi connectivity index (χ0) is 18.8. The Kier molecular flexibility index (Phi) is 8.08.